The summed E-state index contributed by atoms with van der Waals surface area (Å²) in [5.41, 5.74) is 1.98. The van der Waals surface area contributed by atoms with Crippen LogP contribution in [-0.4, -0.2) is 18.0 Å². The molecule has 2 rings (SSSR count). The lowest BCUT2D eigenvalue weighted by molar-refractivity contribution is 0.490. The first-order chi connectivity index (χ1) is 7.44. The number of hydrogen-bond donors (Lipinski definition) is 2. The average molecular weight is 238 g/mol. The van der Waals surface area contributed by atoms with E-state index >= 15 is 0 Å². The van der Waals surface area contributed by atoms with Crippen molar-refractivity contribution in [1.29, 1.82) is 0 Å². The number of rotatable bonds is 2. The van der Waals surface area contributed by atoms with Crippen LogP contribution < -0.4 is 4.72 Å². The lowest BCUT2D eigenvalue weighted by atomic mass is 10.2. The van der Waals surface area contributed by atoms with Crippen molar-refractivity contribution in [3.8, 4) is 0 Å². The maximum atomic E-state index is 10.6. The number of benzene rings is 1. The Hall–Kier alpha value is -1.66. The van der Waals surface area contributed by atoms with Crippen LogP contribution in [0.3, 0.4) is 0 Å². The number of hydrogen-bond acceptors (Lipinski definition) is 3. The minimum absolute atomic E-state index is 0.306. The van der Waals surface area contributed by atoms with Crippen molar-refractivity contribution in [3.05, 3.63) is 36.0 Å². The second-order valence-corrected chi connectivity index (χ2v) is 4.59. The third-order valence-electron chi connectivity index (χ3n) is 2.08. The molecule has 0 radical (unpaired) electrons. The van der Waals surface area contributed by atoms with Crippen molar-refractivity contribution in [2.45, 2.75) is 6.92 Å². The molecule has 0 aliphatic heterocycles. The van der Waals surface area contributed by atoms with Crippen LogP contribution in [0.4, 0.5) is 5.69 Å². The second-order valence-electron chi connectivity index (χ2n) is 3.44. The van der Waals surface area contributed by atoms with Gasteiger partial charge in [-0.2, -0.15) is 8.42 Å². The summed E-state index contributed by atoms with van der Waals surface area (Å²) in [5, 5.41) is 0.805. The molecule has 84 valence electrons. The van der Waals surface area contributed by atoms with Crippen molar-refractivity contribution in [3.63, 3.8) is 0 Å². The minimum Gasteiger partial charge on any atom is -0.269 e. The van der Waals surface area contributed by atoms with E-state index in [1.807, 2.05) is 23.8 Å². The van der Waals surface area contributed by atoms with Crippen molar-refractivity contribution < 1.29 is 13.0 Å². The summed E-state index contributed by atoms with van der Waals surface area (Å²) in [4.78, 5) is 4.27. The molecule has 0 atom stereocenters. The van der Waals surface area contributed by atoms with Gasteiger partial charge >= 0.3 is 10.3 Å². The highest BCUT2D eigenvalue weighted by Gasteiger charge is 2.04. The molecular formula is C10H10N2O3S. The molecule has 0 saturated heterocycles. The Morgan fingerprint density at radius 2 is 2.00 bits per heavy atom. The van der Waals surface area contributed by atoms with Crippen molar-refractivity contribution in [2.75, 3.05) is 4.72 Å². The molecule has 2 N–H and O–H groups in total. The van der Waals surface area contributed by atoms with E-state index in [1.54, 1.807) is 18.2 Å². The van der Waals surface area contributed by atoms with Gasteiger partial charge in [-0.25, -0.2) is 0 Å². The van der Waals surface area contributed by atoms with Crippen LogP contribution >= 0.6 is 0 Å². The van der Waals surface area contributed by atoms with Gasteiger partial charge in [0.05, 0.1) is 11.2 Å². The number of aromatic nitrogens is 1. The molecule has 5 nitrogen and oxygen atoms in total. The summed E-state index contributed by atoms with van der Waals surface area (Å²) in [6.45, 7) is 1.88. The van der Waals surface area contributed by atoms with Gasteiger partial charge in [-0.15, -0.1) is 0 Å². The molecule has 0 fully saturated rings. The van der Waals surface area contributed by atoms with Gasteiger partial charge in [0.1, 0.15) is 0 Å². The molecule has 0 unspecified atom stereocenters. The normalized spacial score (nSPS) is 11.6. The van der Waals surface area contributed by atoms with Gasteiger partial charge in [-0.1, -0.05) is 6.07 Å². The third kappa shape index (κ3) is 2.47. The van der Waals surface area contributed by atoms with Crippen LogP contribution in [0, 0.1) is 6.92 Å². The molecule has 2 aromatic rings. The minimum atomic E-state index is -4.22. The Kier molecular flexibility index (Phi) is 2.53. The Bertz CT molecular complexity index is 638. The first kappa shape index (κ1) is 10.8. The zero-order valence-electron chi connectivity index (χ0n) is 8.51. The van der Waals surface area contributed by atoms with E-state index in [0.29, 0.717) is 5.69 Å². The Balaban J connectivity index is 2.49. The monoisotopic (exact) mass is 238 g/mol. The van der Waals surface area contributed by atoms with E-state index in [1.165, 1.54) is 0 Å². The maximum Gasteiger partial charge on any atom is 0.357 e. The number of nitrogens with one attached hydrogen (secondary N) is 1. The lowest BCUT2D eigenvalue weighted by Gasteiger charge is -2.04. The van der Waals surface area contributed by atoms with Gasteiger partial charge in [0, 0.05) is 11.1 Å². The van der Waals surface area contributed by atoms with Gasteiger partial charge in [-0.3, -0.25) is 14.3 Å². The molecule has 0 bridgehead atoms. The van der Waals surface area contributed by atoms with Gasteiger partial charge in [0.2, 0.25) is 0 Å². The lowest BCUT2D eigenvalue weighted by Crippen LogP contribution is -2.10. The summed E-state index contributed by atoms with van der Waals surface area (Å²) >= 11 is 0. The fourth-order valence-electron chi connectivity index (χ4n) is 1.44. The van der Waals surface area contributed by atoms with E-state index < -0.39 is 10.3 Å². The van der Waals surface area contributed by atoms with Crippen molar-refractivity contribution >= 4 is 26.9 Å². The van der Waals surface area contributed by atoms with Gasteiger partial charge in [0.25, 0.3) is 0 Å². The van der Waals surface area contributed by atoms with Gasteiger partial charge in [-0.05, 0) is 31.2 Å². The van der Waals surface area contributed by atoms with Gasteiger partial charge in [0.15, 0.2) is 0 Å². The smallest absolute Gasteiger partial charge is 0.269 e. The van der Waals surface area contributed by atoms with E-state index in [2.05, 4.69) is 4.98 Å². The molecule has 1 aromatic heterocycles. The summed E-state index contributed by atoms with van der Waals surface area (Å²) < 4.78 is 31.9. The summed E-state index contributed by atoms with van der Waals surface area (Å²) in [6.07, 6.45) is 0. The van der Waals surface area contributed by atoms with Crippen molar-refractivity contribution in [1.82, 2.24) is 4.98 Å². The largest absolute Gasteiger partial charge is 0.357 e. The zero-order valence-corrected chi connectivity index (χ0v) is 9.32. The predicted molar refractivity (Wildman–Crippen MR) is 61.7 cm³/mol. The summed E-state index contributed by atoms with van der Waals surface area (Å²) in [6, 6.07) is 8.51. The molecule has 0 spiro atoms. The first-order valence-electron chi connectivity index (χ1n) is 4.57. The first-order valence-corrected chi connectivity index (χ1v) is 6.01. The number of pyridine rings is 1. The molecule has 16 heavy (non-hydrogen) atoms. The summed E-state index contributed by atoms with van der Waals surface area (Å²) in [7, 11) is -4.22. The fourth-order valence-corrected chi connectivity index (χ4v) is 1.86. The molecule has 0 aliphatic rings. The van der Waals surface area contributed by atoms with Crippen LogP contribution in [0.2, 0.25) is 0 Å². The van der Waals surface area contributed by atoms with Crippen LogP contribution in [0.1, 0.15) is 5.69 Å². The zero-order chi connectivity index (χ0) is 11.8. The SMILES string of the molecule is Cc1ccc2cc(NS(=O)(=O)O)ccc2n1. The van der Waals surface area contributed by atoms with Gasteiger partial charge < -0.3 is 0 Å². The molecule has 6 heteroatoms. The van der Waals surface area contributed by atoms with E-state index in [-0.39, 0.29) is 0 Å². The fraction of sp³-hybridized carbons (Fsp3) is 0.100. The Labute approximate surface area is 93.0 Å². The standard InChI is InChI=1S/C10H10N2O3S/c1-7-2-3-8-6-9(12-16(13,14)15)4-5-10(8)11-7/h2-6,12H,1H3,(H,13,14,15). The van der Waals surface area contributed by atoms with Crippen molar-refractivity contribution in [2.24, 2.45) is 0 Å². The van der Waals surface area contributed by atoms with Crippen LogP contribution in [0.5, 0.6) is 0 Å². The highest BCUT2D eigenvalue weighted by molar-refractivity contribution is 7.87. The molecule has 1 aromatic carbocycles. The van der Waals surface area contributed by atoms with Crippen LogP contribution in [0.15, 0.2) is 30.3 Å². The number of anilines is 1. The molecular weight excluding hydrogens is 228 g/mol. The quantitative estimate of drug-likeness (QED) is 0.781. The Morgan fingerprint density at radius 3 is 2.69 bits per heavy atom. The van der Waals surface area contributed by atoms with Crippen LogP contribution in [0.25, 0.3) is 10.9 Å². The second kappa shape index (κ2) is 3.73. The summed E-state index contributed by atoms with van der Waals surface area (Å²) in [5.74, 6) is 0. The molecule has 0 saturated carbocycles. The molecule has 1 heterocycles. The van der Waals surface area contributed by atoms with E-state index in [0.717, 1.165) is 16.6 Å². The molecule has 0 aliphatic carbocycles. The third-order valence-corrected chi connectivity index (χ3v) is 2.57. The maximum absolute atomic E-state index is 10.6. The topological polar surface area (TPSA) is 79.3 Å². The highest BCUT2D eigenvalue weighted by atomic mass is 32.2. The average Bonchev–Trinajstić information content (AvgIpc) is 2.16. The highest BCUT2D eigenvalue weighted by Crippen LogP contribution is 2.18. The number of nitrogens with zero attached hydrogens (tertiary/aromatic N) is 1. The van der Waals surface area contributed by atoms with E-state index in [4.69, 9.17) is 4.55 Å². The Morgan fingerprint density at radius 1 is 1.25 bits per heavy atom. The predicted octanol–water partition coefficient (Wildman–Crippen LogP) is 1.76. The number of fused-ring (bicyclic) bond motifs is 1. The van der Waals surface area contributed by atoms with E-state index in [9.17, 15) is 8.42 Å². The molecule has 0 amide bonds. The number of aryl methyl sites for hydroxylation is 1. The van der Waals surface area contributed by atoms with Crippen LogP contribution in [-0.2, 0) is 10.3 Å².